The lowest BCUT2D eigenvalue weighted by Gasteiger charge is -2.18. The van der Waals surface area contributed by atoms with Crippen LogP contribution >= 0.6 is 0 Å². The highest BCUT2D eigenvalue weighted by molar-refractivity contribution is 7.89. The highest BCUT2D eigenvalue weighted by Gasteiger charge is 2.24. The molecule has 0 spiro atoms. The van der Waals surface area contributed by atoms with Gasteiger partial charge in [0.1, 0.15) is 5.82 Å². The van der Waals surface area contributed by atoms with Gasteiger partial charge in [-0.15, -0.1) is 0 Å². The Morgan fingerprint density at radius 3 is 2.71 bits per heavy atom. The zero-order chi connectivity index (χ0) is 13.1. The van der Waals surface area contributed by atoms with Gasteiger partial charge in [-0.1, -0.05) is 6.92 Å². The van der Waals surface area contributed by atoms with Gasteiger partial charge in [0.15, 0.2) is 5.03 Å². The van der Waals surface area contributed by atoms with Crippen LogP contribution in [0.4, 0.5) is 0 Å². The van der Waals surface area contributed by atoms with Crippen molar-refractivity contribution in [1.82, 2.24) is 14.3 Å². The van der Waals surface area contributed by atoms with Gasteiger partial charge >= 0.3 is 0 Å². The minimum atomic E-state index is -3.56. The monoisotopic (exact) mass is 259 g/mol. The molecule has 0 bridgehead atoms. The predicted molar refractivity (Wildman–Crippen MR) is 64.3 cm³/mol. The van der Waals surface area contributed by atoms with Crippen molar-refractivity contribution in [2.75, 3.05) is 13.1 Å². The summed E-state index contributed by atoms with van der Waals surface area (Å²) in [6.07, 6.45) is 1.52. The van der Waals surface area contributed by atoms with Crippen LogP contribution in [0, 0.1) is 12.3 Å². The normalized spacial score (nSPS) is 11.9. The van der Waals surface area contributed by atoms with Crippen LogP contribution in [0.25, 0.3) is 0 Å². The molecule has 0 unspecified atom stereocenters. The van der Waals surface area contributed by atoms with Crippen molar-refractivity contribution in [2.45, 2.75) is 25.3 Å². The van der Waals surface area contributed by atoms with Gasteiger partial charge in [-0.25, -0.2) is 13.4 Å². The van der Waals surface area contributed by atoms with Gasteiger partial charge in [-0.05, 0) is 6.92 Å². The lowest BCUT2D eigenvalue weighted by Crippen LogP contribution is -2.34. The van der Waals surface area contributed by atoms with Crippen molar-refractivity contribution in [3.8, 4) is 0 Å². The molecule has 0 fully saturated rings. The third-order valence-corrected chi connectivity index (χ3v) is 4.16. The average Bonchev–Trinajstić information content (AvgIpc) is 2.65. The number of aromatic amines is 1. The van der Waals surface area contributed by atoms with E-state index in [0.29, 0.717) is 12.4 Å². The number of H-pyrrole nitrogens is 1. The Kier molecular flexibility index (Phi) is 4.24. The van der Waals surface area contributed by atoms with Crippen molar-refractivity contribution in [3.63, 3.8) is 0 Å². The Bertz CT molecular complexity index is 493. The van der Waals surface area contributed by atoms with Crippen LogP contribution in [0.2, 0.25) is 0 Å². The summed E-state index contributed by atoms with van der Waals surface area (Å²) in [5, 5.41) is 7.18. The molecule has 0 radical (unpaired) electrons. The van der Waals surface area contributed by atoms with E-state index in [2.05, 4.69) is 9.97 Å². The van der Waals surface area contributed by atoms with Gasteiger partial charge in [0.05, 0.1) is 12.0 Å². The first kappa shape index (κ1) is 13.7. The standard InChI is InChI=1S/C9H17N5O2S/c1-3-14(5-4-8(10)11)17(15,16)9-6-12-7(2)13-9/h6H,3-5H2,1-2H3,(H3,10,11)(H,12,13). The maximum absolute atomic E-state index is 12.1. The summed E-state index contributed by atoms with van der Waals surface area (Å²) in [5.74, 6) is 0.519. The minimum Gasteiger partial charge on any atom is -0.388 e. The Morgan fingerprint density at radius 1 is 1.65 bits per heavy atom. The first-order valence-corrected chi connectivity index (χ1v) is 6.66. The molecule has 1 aromatic rings. The Balaban J connectivity index is 2.90. The third kappa shape index (κ3) is 3.27. The lowest BCUT2D eigenvalue weighted by atomic mass is 10.4. The van der Waals surface area contributed by atoms with Crippen LogP contribution < -0.4 is 5.73 Å². The van der Waals surface area contributed by atoms with Crippen LogP contribution in [0.15, 0.2) is 11.2 Å². The quantitative estimate of drug-likeness (QED) is 0.494. The van der Waals surface area contributed by atoms with E-state index in [1.165, 1.54) is 10.5 Å². The predicted octanol–water partition coefficient (Wildman–Crippen LogP) is 0.0548. The Hall–Kier alpha value is -1.41. The van der Waals surface area contributed by atoms with Gasteiger partial charge in [0, 0.05) is 19.5 Å². The highest BCUT2D eigenvalue weighted by atomic mass is 32.2. The zero-order valence-corrected chi connectivity index (χ0v) is 10.7. The van der Waals surface area contributed by atoms with E-state index in [1.54, 1.807) is 13.8 Å². The molecule has 1 heterocycles. The number of sulfonamides is 1. The zero-order valence-electron chi connectivity index (χ0n) is 9.90. The molecule has 0 aromatic carbocycles. The average molecular weight is 259 g/mol. The van der Waals surface area contributed by atoms with Crippen molar-refractivity contribution in [2.24, 2.45) is 5.73 Å². The van der Waals surface area contributed by atoms with Gasteiger partial charge in [0.25, 0.3) is 10.0 Å². The molecule has 0 atom stereocenters. The third-order valence-electron chi connectivity index (χ3n) is 2.28. The van der Waals surface area contributed by atoms with E-state index in [4.69, 9.17) is 11.1 Å². The summed E-state index contributed by atoms with van der Waals surface area (Å²) in [4.78, 5) is 6.56. The molecule has 0 aliphatic rings. The summed E-state index contributed by atoms with van der Waals surface area (Å²) in [7, 11) is -3.56. The van der Waals surface area contributed by atoms with E-state index >= 15 is 0 Å². The Morgan fingerprint density at radius 2 is 2.29 bits per heavy atom. The largest absolute Gasteiger partial charge is 0.388 e. The number of aryl methyl sites for hydroxylation is 1. The van der Waals surface area contributed by atoms with Crippen LogP contribution in [0.3, 0.4) is 0 Å². The highest BCUT2D eigenvalue weighted by Crippen LogP contribution is 2.13. The molecule has 0 aliphatic carbocycles. The lowest BCUT2D eigenvalue weighted by molar-refractivity contribution is 0.434. The molecule has 1 rings (SSSR count). The smallest absolute Gasteiger partial charge is 0.260 e. The SMILES string of the molecule is CCN(CCC(=N)N)S(=O)(=O)c1cnc(C)[nH]1. The number of amidine groups is 1. The number of nitrogens with two attached hydrogens (primary N) is 1. The second kappa shape index (κ2) is 5.28. The fraction of sp³-hybridized carbons (Fsp3) is 0.556. The van der Waals surface area contributed by atoms with Gasteiger partial charge in [-0.3, -0.25) is 5.41 Å². The number of aromatic nitrogens is 2. The number of nitrogens with one attached hydrogen (secondary N) is 2. The number of imidazole rings is 1. The topological polar surface area (TPSA) is 116 Å². The molecule has 0 saturated carbocycles. The Labute approximate surface area is 101 Å². The van der Waals surface area contributed by atoms with E-state index in [0.717, 1.165) is 0 Å². The molecular formula is C9H17N5O2S. The first-order valence-electron chi connectivity index (χ1n) is 5.22. The second-order valence-corrected chi connectivity index (χ2v) is 5.51. The molecule has 0 amide bonds. The van der Waals surface area contributed by atoms with Crippen molar-refractivity contribution < 1.29 is 8.42 Å². The number of nitrogens with zero attached hydrogens (tertiary/aromatic N) is 2. The summed E-state index contributed by atoms with van der Waals surface area (Å²) in [5.41, 5.74) is 5.22. The molecular weight excluding hydrogens is 242 g/mol. The molecule has 1 aromatic heterocycles. The van der Waals surface area contributed by atoms with Gasteiger partial charge in [0.2, 0.25) is 0 Å². The van der Waals surface area contributed by atoms with Crippen LogP contribution in [0.5, 0.6) is 0 Å². The van der Waals surface area contributed by atoms with E-state index in [1.807, 2.05) is 0 Å². The van der Waals surface area contributed by atoms with Gasteiger partial charge < -0.3 is 10.7 Å². The van der Waals surface area contributed by atoms with Crippen molar-refractivity contribution in [1.29, 1.82) is 5.41 Å². The van der Waals surface area contributed by atoms with E-state index < -0.39 is 10.0 Å². The van der Waals surface area contributed by atoms with Gasteiger partial charge in [-0.2, -0.15) is 4.31 Å². The maximum Gasteiger partial charge on any atom is 0.260 e. The summed E-state index contributed by atoms with van der Waals surface area (Å²) >= 11 is 0. The number of hydrogen-bond acceptors (Lipinski definition) is 4. The number of rotatable bonds is 6. The summed E-state index contributed by atoms with van der Waals surface area (Å²) < 4.78 is 25.5. The molecule has 0 aliphatic heterocycles. The molecule has 96 valence electrons. The van der Waals surface area contributed by atoms with E-state index in [-0.39, 0.29) is 23.8 Å². The fourth-order valence-electron chi connectivity index (χ4n) is 1.36. The van der Waals surface area contributed by atoms with Crippen LogP contribution in [0.1, 0.15) is 19.2 Å². The second-order valence-electron chi connectivity index (χ2n) is 3.60. The molecule has 8 heteroatoms. The fourth-order valence-corrected chi connectivity index (χ4v) is 2.77. The molecule has 0 saturated heterocycles. The summed E-state index contributed by atoms with van der Waals surface area (Å²) in [6, 6.07) is 0. The minimum absolute atomic E-state index is 0.0283. The summed E-state index contributed by atoms with van der Waals surface area (Å²) in [6.45, 7) is 3.95. The van der Waals surface area contributed by atoms with Crippen molar-refractivity contribution in [3.05, 3.63) is 12.0 Å². The van der Waals surface area contributed by atoms with Crippen molar-refractivity contribution >= 4 is 15.9 Å². The van der Waals surface area contributed by atoms with E-state index in [9.17, 15) is 8.42 Å². The first-order chi connectivity index (χ1) is 7.87. The van der Waals surface area contributed by atoms with Crippen LogP contribution in [-0.2, 0) is 10.0 Å². The van der Waals surface area contributed by atoms with Crippen LogP contribution in [-0.4, -0.2) is 41.6 Å². The maximum atomic E-state index is 12.1. The molecule has 7 nitrogen and oxygen atoms in total. The molecule has 17 heavy (non-hydrogen) atoms. The number of hydrogen-bond donors (Lipinski definition) is 3. The molecule has 4 N–H and O–H groups in total.